The number of rotatable bonds is 2. The van der Waals surface area contributed by atoms with Crippen molar-refractivity contribution in [2.75, 3.05) is 6.54 Å². The van der Waals surface area contributed by atoms with E-state index in [1.165, 1.54) is 12.1 Å². The normalized spacial score (nSPS) is 21.2. The molecule has 0 aliphatic carbocycles. The van der Waals surface area contributed by atoms with Crippen LogP contribution in [0, 0.1) is 5.82 Å². The molecule has 0 saturated carbocycles. The molecule has 2 rings (SSSR count). The maximum atomic E-state index is 13.2. The Kier molecular flexibility index (Phi) is 2.95. The summed E-state index contributed by atoms with van der Waals surface area (Å²) in [5, 5.41) is 3.19. The molecular weight excluding hydrogens is 203 g/mol. The molecule has 1 saturated heterocycles. The third-order valence-corrected chi connectivity index (χ3v) is 2.72. The predicted molar refractivity (Wildman–Crippen MR) is 51.3 cm³/mol. The molecule has 1 nitrogen and oxygen atoms in total. The van der Waals surface area contributed by atoms with Crippen molar-refractivity contribution in [1.82, 2.24) is 5.32 Å². The number of halogens is 3. The van der Waals surface area contributed by atoms with Crippen LogP contribution in [-0.2, 0) is 0 Å². The minimum atomic E-state index is -2.74. The van der Waals surface area contributed by atoms with Crippen LogP contribution in [0.15, 0.2) is 18.2 Å². The summed E-state index contributed by atoms with van der Waals surface area (Å²) in [6.45, 7) is 0.906. The predicted octanol–water partition coefficient (Wildman–Crippen LogP) is 3.19. The Hall–Kier alpha value is -1.03. The monoisotopic (exact) mass is 215 g/mol. The second-order valence-electron chi connectivity index (χ2n) is 3.73. The quantitative estimate of drug-likeness (QED) is 0.798. The van der Waals surface area contributed by atoms with E-state index < -0.39 is 17.8 Å². The van der Waals surface area contributed by atoms with Gasteiger partial charge in [-0.1, -0.05) is 12.1 Å². The summed E-state index contributed by atoms with van der Waals surface area (Å²) < 4.78 is 37.8. The van der Waals surface area contributed by atoms with Crippen LogP contribution >= 0.6 is 0 Å². The summed E-state index contributed by atoms with van der Waals surface area (Å²) in [5.41, 5.74) is 0.242. The first kappa shape index (κ1) is 10.5. The van der Waals surface area contributed by atoms with E-state index in [4.69, 9.17) is 0 Å². The summed E-state index contributed by atoms with van der Waals surface area (Å²) in [5.74, 6) is -0.809. The fraction of sp³-hybridized carbons (Fsp3) is 0.455. The largest absolute Gasteiger partial charge is 0.310 e. The smallest absolute Gasteiger partial charge is 0.266 e. The number of alkyl halides is 2. The van der Waals surface area contributed by atoms with Gasteiger partial charge in [-0.2, -0.15) is 0 Å². The van der Waals surface area contributed by atoms with E-state index >= 15 is 0 Å². The van der Waals surface area contributed by atoms with Gasteiger partial charge in [0.2, 0.25) is 0 Å². The Morgan fingerprint density at radius 2 is 2.13 bits per heavy atom. The zero-order chi connectivity index (χ0) is 10.8. The lowest BCUT2D eigenvalue weighted by atomic mass is 10.0. The van der Waals surface area contributed by atoms with Gasteiger partial charge in [-0.15, -0.1) is 0 Å². The van der Waals surface area contributed by atoms with Crippen LogP contribution in [0.3, 0.4) is 0 Å². The molecule has 0 radical (unpaired) electrons. The Morgan fingerprint density at radius 3 is 2.67 bits per heavy atom. The summed E-state index contributed by atoms with van der Waals surface area (Å²) in [6, 6.07) is 4.08. The van der Waals surface area contributed by atoms with E-state index in [0.29, 0.717) is 0 Å². The van der Waals surface area contributed by atoms with Crippen LogP contribution in [0.2, 0.25) is 0 Å². The first-order valence-electron chi connectivity index (χ1n) is 4.99. The molecule has 1 unspecified atom stereocenters. The molecular formula is C11H12F3N. The average Bonchev–Trinajstić information content (AvgIpc) is 2.69. The molecule has 1 aliphatic rings. The molecule has 1 N–H and O–H groups in total. The first-order valence-corrected chi connectivity index (χ1v) is 4.99. The Labute approximate surface area is 86.3 Å². The van der Waals surface area contributed by atoms with Gasteiger partial charge < -0.3 is 5.32 Å². The Bertz CT molecular complexity index is 346. The average molecular weight is 215 g/mol. The van der Waals surface area contributed by atoms with Crippen LogP contribution in [0.1, 0.15) is 36.4 Å². The molecule has 1 fully saturated rings. The number of hydrogen-bond acceptors (Lipinski definition) is 1. The molecule has 1 aromatic rings. The third kappa shape index (κ3) is 2.15. The van der Waals surface area contributed by atoms with Crippen LogP contribution in [0.5, 0.6) is 0 Å². The molecule has 0 bridgehead atoms. The van der Waals surface area contributed by atoms with Gasteiger partial charge in [0.25, 0.3) is 6.43 Å². The standard InChI is InChI=1S/C11H12F3N/c12-9-6-7(10-2-1-5-15-10)3-4-8(9)11(13)14/h3-4,6,10-11,15H,1-2,5H2. The molecule has 15 heavy (non-hydrogen) atoms. The van der Waals surface area contributed by atoms with Crippen LogP contribution in [0.25, 0.3) is 0 Å². The highest BCUT2D eigenvalue weighted by Gasteiger charge is 2.19. The van der Waals surface area contributed by atoms with Crippen molar-refractivity contribution in [2.24, 2.45) is 0 Å². The Morgan fingerprint density at radius 1 is 1.33 bits per heavy atom. The van der Waals surface area contributed by atoms with Crippen molar-refractivity contribution in [3.63, 3.8) is 0 Å². The second-order valence-corrected chi connectivity index (χ2v) is 3.73. The zero-order valence-corrected chi connectivity index (χ0v) is 8.14. The van der Waals surface area contributed by atoms with Crippen LogP contribution in [0.4, 0.5) is 13.2 Å². The highest BCUT2D eigenvalue weighted by atomic mass is 19.3. The molecule has 82 valence electrons. The summed E-state index contributed by atoms with van der Waals surface area (Å²) in [6.07, 6.45) is -0.758. The van der Waals surface area contributed by atoms with Crippen LogP contribution in [-0.4, -0.2) is 6.54 Å². The lowest BCUT2D eigenvalue weighted by molar-refractivity contribution is 0.146. The molecule has 1 aliphatic heterocycles. The van der Waals surface area contributed by atoms with Crippen molar-refractivity contribution < 1.29 is 13.2 Å². The van der Waals surface area contributed by atoms with Gasteiger partial charge in [0.1, 0.15) is 5.82 Å². The molecule has 1 aromatic carbocycles. The van der Waals surface area contributed by atoms with Gasteiger partial charge in [0.05, 0.1) is 5.56 Å². The lowest BCUT2D eigenvalue weighted by Crippen LogP contribution is -2.13. The number of hydrogen-bond donors (Lipinski definition) is 1. The van der Waals surface area contributed by atoms with E-state index in [1.807, 2.05) is 0 Å². The minimum absolute atomic E-state index is 0.117. The topological polar surface area (TPSA) is 12.0 Å². The minimum Gasteiger partial charge on any atom is -0.310 e. The third-order valence-electron chi connectivity index (χ3n) is 2.72. The second kappa shape index (κ2) is 4.23. The first-order chi connectivity index (χ1) is 7.18. The molecule has 1 atom stereocenters. The van der Waals surface area contributed by atoms with Gasteiger partial charge in [-0.3, -0.25) is 0 Å². The van der Waals surface area contributed by atoms with E-state index in [0.717, 1.165) is 24.9 Å². The zero-order valence-electron chi connectivity index (χ0n) is 8.14. The maximum absolute atomic E-state index is 13.2. The van der Waals surface area contributed by atoms with E-state index in [-0.39, 0.29) is 6.04 Å². The van der Waals surface area contributed by atoms with Crippen molar-refractivity contribution in [1.29, 1.82) is 0 Å². The molecule has 0 spiro atoms. The fourth-order valence-corrected chi connectivity index (χ4v) is 1.91. The van der Waals surface area contributed by atoms with Gasteiger partial charge in [0.15, 0.2) is 0 Å². The summed E-state index contributed by atoms with van der Waals surface area (Å²) >= 11 is 0. The number of benzene rings is 1. The van der Waals surface area contributed by atoms with Crippen molar-refractivity contribution in [3.05, 3.63) is 35.1 Å². The highest BCUT2D eigenvalue weighted by Crippen LogP contribution is 2.28. The SMILES string of the molecule is Fc1cc(C2CCCN2)ccc1C(F)F. The maximum Gasteiger partial charge on any atom is 0.266 e. The molecule has 4 heteroatoms. The van der Waals surface area contributed by atoms with Gasteiger partial charge in [0, 0.05) is 6.04 Å². The molecule has 1 heterocycles. The van der Waals surface area contributed by atoms with Gasteiger partial charge in [-0.05, 0) is 31.0 Å². The molecule has 0 amide bonds. The van der Waals surface area contributed by atoms with E-state index in [9.17, 15) is 13.2 Å². The number of nitrogens with one attached hydrogen (secondary N) is 1. The molecule has 0 aromatic heterocycles. The van der Waals surface area contributed by atoms with Crippen molar-refractivity contribution >= 4 is 0 Å². The highest BCUT2D eigenvalue weighted by molar-refractivity contribution is 5.27. The van der Waals surface area contributed by atoms with Gasteiger partial charge >= 0.3 is 0 Å². The van der Waals surface area contributed by atoms with Crippen molar-refractivity contribution in [3.8, 4) is 0 Å². The van der Waals surface area contributed by atoms with Crippen LogP contribution < -0.4 is 5.32 Å². The van der Waals surface area contributed by atoms with Crippen molar-refractivity contribution in [2.45, 2.75) is 25.3 Å². The van der Waals surface area contributed by atoms with E-state index in [1.54, 1.807) is 6.07 Å². The van der Waals surface area contributed by atoms with Gasteiger partial charge in [-0.25, -0.2) is 13.2 Å². The summed E-state index contributed by atoms with van der Waals surface area (Å²) in [7, 11) is 0. The summed E-state index contributed by atoms with van der Waals surface area (Å²) in [4.78, 5) is 0. The fourth-order valence-electron chi connectivity index (χ4n) is 1.91. The lowest BCUT2D eigenvalue weighted by Gasteiger charge is -2.11. The Balaban J connectivity index is 2.24. The van der Waals surface area contributed by atoms with E-state index in [2.05, 4.69) is 5.32 Å².